The Morgan fingerprint density at radius 3 is 2.69 bits per heavy atom. The van der Waals surface area contributed by atoms with E-state index < -0.39 is 0 Å². The molecule has 16 heavy (non-hydrogen) atoms. The molecule has 1 aromatic carbocycles. The number of hydrogen-bond acceptors (Lipinski definition) is 3. The lowest BCUT2D eigenvalue weighted by Crippen LogP contribution is -2.03. The van der Waals surface area contributed by atoms with E-state index in [1.807, 2.05) is 32.0 Å². The summed E-state index contributed by atoms with van der Waals surface area (Å²) in [6, 6.07) is 7.87. The van der Waals surface area contributed by atoms with E-state index in [0.29, 0.717) is 23.4 Å². The van der Waals surface area contributed by atoms with E-state index in [2.05, 4.69) is 6.07 Å². The van der Waals surface area contributed by atoms with Gasteiger partial charge in [0.1, 0.15) is 5.75 Å². The van der Waals surface area contributed by atoms with Gasteiger partial charge < -0.3 is 10.5 Å². The van der Waals surface area contributed by atoms with Gasteiger partial charge in [-0.2, -0.15) is 5.26 Å². The highest BCUT2D eigenvalue weighted by atomic mass is 16.5. The molecule has 0 aliphatic heterocycles. The van der Waals surface area contributed by atoms with Gasteiger partial charge in [0.2, 0.25) is 0 Å². The van der Waals surface area contributed by atoms with Crippen molar-refractivity contribution in [1.82, 2.24) is 0 Å². The van der Waals surface area contributed by atoms with Crippen LogP contribution in [0.15, 0.2) is 23.8 Å². The summed E-state index contributed by atoms with van der Waals surface area (Å²) >= 11 is 0. The van der Waals surface area contributed by atoms with Crippen molar-refractivity contribution in [3.63, 3.8) is 0 Å². The summed E-state index contributed by atoms with van der Waals surface area (Å²) in [6.45, 7) is 3.89. The van der Waals surface area contributed by atoms with Crippen LogP contribution in [0.25, 0.3) is 5.70 Å². The van der Waals surface area contributed by atoms with E-state index in [-0.39, 0.29) is 0 Å². The number of nitriles is 1. The third-order valence-corrected chi connectivity index (χ3v) is 2.46. The highest BCUT2D eigenvalue weighted by Crippen LogP contribution is 2.26. The van der Waals surface area contributed by atoms with Gasteiger partial charge in [-0.05, 0) is 25.5 Å². The van der Waals surface area contributed by atoms with Crippen LogP contribution in [-0.2, 0) is 0 Å². The van der Waals surface area contributed by atoms with Crippen LogP contribution in [-0.4, -0.2) is 7.11 Å². The molecule has 0 radical (unpaired) electrons. The first-order chi connectivity index (χ1) is 7.63. The molecule has 0 saturated heterocycles. The molecule has 0 aliphatic carbocycles. The van der Waals surface area contributed by atoms with E-state index in [1.165, 1.54) is 0 Å². The van der Waals surface area contributed by atoms with Crippen LogP contribution in [0, 0.1) is 18.3 Å². The molecule has 0 saturated carbocycles. The first kappa shape index (κ1) is 12.1. The Bertz CT molecular complexity index is 455. The highest BCUT2D eigenvalue weighted by Gasteiger charge is 2.09. The van der Waals surface area contributed by atoms with Gasteiger partial charge in [-0.15, -0.1) is 0 Å². The molecule has 0 fully saturated rings. The predicted molar refractivity (Wildman–Crippen MR) is 64.7 cm³/mol. The topological polar surface area (TPSA) is 59.0 Å². The standard InChI is InChI=1S/C13H16N2O/c1-4-10(8-14)13(15)11-7-9(2)5-6-12(11)16-3/h5-7H,4,15H2,1-3H3/b13-10-. The number of rotatable bonds is 3. The third kappa shape index (κ3) is 2.34. The number of nitrogens with two attached hydrogens (primary N) is 1. The zero-order valence-corrected chi connectivity index (χ0v) is 9.87. The van der Waals surface area contributed by atoms with Crippen LogP contribution in [0.4, 0.5) is 0 Å². The molecule has 0 aliphatic rings. The molecule has 0 atom stereocenters. The SMILES string of the molecule is CC/C(C#N)=C(/N)c1cc(C)ccc1OC. The maximum absolute atomic E-state index is 8.96. The van der Waals surface area contributed by atoms with Gasteiger partial charge in [0, 0.05) is 5.56 Å². The number of benzene rings is 1. The number of nitrogens with zero attached hydrogens (tertiary/aromatic N) is 1. The minimum atomic E-state index is 0.505. The van der Waals surface area contributed by atoms with Crippen molar-refractivity contribution in [2.45, 2.75) is 20.3 Å². The predicted octanol–water partition coefficient (Wildman–Crippen LogP) is 2.61. The van der Waals surface area contributed by atoms with E-state index in [1.54, 1.807) is 7.11 Å². The van der Waals surface area contributed by atoms with Gasteiger partial charge in [-0.3, -0.25) is 0 Å². The molecule has 1 rings (SSSR count). The van der Waals surface area contributed by atoms with E-state index >= 15 is 0 Å². The molecule has 0 unspecified atom stereocenters. The van der Waals surface area contributed by atoms with E-state index in [9.17, 15) is 0 Å². The molecule has 1 aromatic rings. The van der Waals surface area contributed by atoms with Gasteiger partial charge in [-0.25, -0.2) is 0 Å². The molecule has 0 heterocycles. The number of hydrogen-bond donors (Lipinski definition) is 1. The number of ether oxygens (including phenoxy) is 1. The van der Waals surface area contributed by atoms with Gasteiger partial charge in [-0.1, -0.05) is 18.6 Å². The van der Waals surface area contributed by atoms with Gasteiger partial charge in [0.05, 0.1) is 24.4 Å². The third-order valence-electron chi connectivity index (χ3n) is 2.46. The Morgan fingerprint density at radius 2 is 2.19 bits per heavy atom. The Kier molecular flexibility index (Phi) is 3.96. The fourth-order valence-corrected chi connectivity index (χ4v) is 1.52. The molecule has 84 valence electrons. The molecule has 0 spiro atoms. The molecule has 3 heteroatoms. The van der Waals surface area contributed by atoms with Crippen molar-refractivity contribution < 1.29 is 4.74 Å². The number of aryl methyl sites for hydroxylation is 1. The minimum Gasteiger partial charge on any atom is -0.496 e. The lowest BCUT2D eigenvalue weighted by molar-refractivity contribution is 0.413. The molecular weight excluding hydrogens is 200 g/mol. The van der Waals surface area contributed by atoms with Crippen LogP contribution in [0.5, 0.6) is 5.75 Å². The monoisotopic (exact) mass is 216 g/mol. The van der Waals surface area contributed by atoms with Crippen molar-refractivity contribution in [2.24, 2.45) is 5.73 Å². The van der Waals surface area contributed by atoms with Crippen LogP contribution < -0.4 is 10.5 Å². The second-order valence-electron chi connectivity index (χ2n) is 3.56. The van der Waals surface area contributed by atoms with Crippen molar-refractivity contribution in [2.75, 3.05) is 7.11 Å². The molecule has 3 nitrogen and oxygen atoms in total. The summed E-state index contributed by atoms with van der Waals surface area (Å²) in [5.41, 5.74) is 8.96. The summed E-state index contributed by atoms with van der Waals surface area (Å²) in [5.74, 6) is 0.698. The summed E-state index contributed by atoms with van der Waals surface area (Å²) < 4.78 is 5.24. The van der Waals surface area contributed by atoms with Crippen LogP contribution >= 0.6 is 0 Å². The van der Waals surface area contributed by atoms with Crippen LogP contribution in [0.3, 0.4) is 0 Å². The fourth-order valence-electron chi connectivity index (χ4n) is 1.52. The van der Waals surface area contributed by atoms with Crippen molar-refractivity contribution in [3.8, 4) is 11.8 Å². The maximum atomic E-state index is 8.96. The van der Waals surface area contributed by atoms with E-state index in [0.717, 1.165) is 11.1 Å². The number of allylic oxidation sites excluding steroid dienone is 1. The summed E-state index contributed by atoms with van der Waals surface area (Å²) in [7, 11) is 1.60. The number of methoxy groups -OCH3 is 1. The maximum Gasteiger partial charge on any atom is 0.128 e. The Morgan fingerprint density at radius 1 is 1.50 bits per heavy atom. The van der Waals surface area contributed by atoms with Gasteiger partial charge in [0.15, 0.2) is 0 Å². The molecule has 0 amide bonds. The zero-order chi connectivity index (χ0) is 12.1. The van der Waals surface area contributed by atoms with Gasteiger partial charge >= 0.3 is 0 Å². The van der Waals surface area contributed by atoms with Crippen molar-refractivity contribution in [1.29, 1.82) is 5.26 Å². The average Bonchev–Trinajstić information content (AvgIpc) is 2.30. The Balaban J connectivity index is 3.37. The summed E-state index contributed by atoms with van der Waals surface area (Å²) in [4.78, 5) is 0. The molecule has 0 aromatic heterocycles. The van der Waals surface area contributed by atoms with Crippen LogP contribution in [0.1, 0.15) is 24.5 Å². The Labute approximate surface area is 96.1 Å². The fraction of sp³-hybridized carbons (Fsp3) is 0.308. The molecule has 2 N–H and O–H groups in total. The zero-order valence-electron chi connectivity index (χ0n) is 9.87. The largest absolute Gasteiger partial charge is 0.496 e. The summed E-state index contributed by atoms with van der Waals surface area (Å²) in [6.07, 6.45) is 0.624. The van der Waals surface area contributed by atoms with E-state index in [4.69, 9.17) is 15.7 Å². The van der Waals surface area contributed by atoms with Crippen molar-refractivity contribution >= 4 is 5.70 Å². The first-order valence-corrected chi connectivity index (χ1v) is 5.17. The second kappa shape index (κ2) is 5.22. The lowest BCUT2D eigenvalue weighted by Gasteiger charge is -2.11. The van der Waals surface area contributed by atoms with Crippen molar-refractivity contribution in [3.05, 3.63) is 34.9 Å². The quantitative estimate of drug-likeness (QED) is 0.790. The molecule has 0 bridgehead atoms. The second-order valence-corrected chi connectivity index (χ2v) is 3.56. The smallest absolute Gasteiger partial charge is 0.128 e. The molecular formula is C13H16N2O. The van der Waals surface area contributed by atoms with Gasteiger partial charge in [0.25, 0.3) is 0 Å². The van der Waals surface area contributed by atoms with Crippen LogP contribution in [0.2, 0.25) is 0 Å². The lowest BCUT2D eigenvalue weighted by atomic mass is 10.0. The summed E-state index contributed by atoms with van der Waals surface area (Å²) in [5, 5.41) is 8.96. The Hall–Kier alpha value is -1.95. The first-order valence-electron chi connectivity index (χ1n) is 5.17. The highest BCUT2D eigenvalue weighted by molar-refractivity contribution is 5.73. The minimum absolute atomic E-state index is 0.505. The normalized spacial score (nSPS) is 11.6. The average molecular weight is 216 g/mol.